The zero-order valence-corrected chi connectivity index (χ0v) is 22.9. The number of hydrogen-bond donors (Lipinski definition) is 0. The van der Waals surface area contributed by atoms with E-state index in [1.165, 1.54) is 12.4 Å². The van der Waals surface area contributed by atoms with Crippen LogP contribution in [0.5, 0.6) is 0 Å². The number of benzene rings is 1. The molecule has 0 amide bonds. The Morgan fingerprint density at radius 3 is 1.39 bits per heavy atom. The van der Waals surface area contributed by atoms with Gasteiger partial charge in [0.1, 0.15) is 0 Å². The smallest absolute Gasteiger partial charge is 0.256 e. The number of pyridine rings is 2. The second kappa shape index (κ2) is 10.4. The average Bonchev–Trinajstić information content (AvgIpc) is 3.60. The van der Waals surface area contributed by atoms with E-state index in [-0.39, 0.29) is 79.7 Å². The molecule has 2 aliphatic rings. The lowest BCUT2D eigenvalue weighted by Crippen LogP contribution is -2.26. The highest BCUT2D eigenvalue weighted by Gasteiger charge is 2.35. The van der Waals surface area contributed by atoms with E-state index >= 15 is 0 Å². The fourth-order valence-corrected chi connectivity index (χ4v) is 5.86. The SMILES string of the molecule is [C-]#[N+]C(C#N)=c1c2c(c(=C(C#N)[N+]#[C-])c3c1Cc1ncc(-c4cc(F)nc(F)c4)nc1-3)-c1nc(-c3cc(F)nc(F)c3)cnc1C2. The van der Waals surface area contributed by atoms with Gasteiger partial charge in [-0.15, -0.1) is 0 Å². The summed E-state index contributed by atoms with van der Waals surface area (Å²) in [5, 5.41) is 20.5. The lowest BCUT2D eigenvalue weighted by molar-refractivity contribution is 0.512. The summed E-state index contributed by atoms with van der Waals surface area (Å²) in [7, 11) is 0. The molecule has 0 aliphatic heterocycles. The Hall–Kier alpha value is -6.90. The van der Waals surface area contributed by atoms with Gasteiger partial charge in [0.15, 0.2) is 0 Å². The van der Waals surface area contributed by atoms with Gasteiger partial charge in [0, 0.05) is 69.8 Å². The number of rotatable bonds is 2. The summed E-state index contributed by atoms with van der Waals surface area (Å²) in [5.74, 6) is -4.34. The second-order valence-electron chi connectivity index (χ2n) is 10.1. The Labute approximate surface area is 255 Å². The van der Waals surface area contributed by atoms with Gasteiger partial charge in [-0.05, 0) is 11.1 Å². The maximum atomic E-state index is 14.0. The normalized spacial score (nSPS) is 11.7. The predicted octanol–water partition coefficient (Wildman–Crippen LogP) is 4.19. The first-order valence-electron chi connectivity index (χ1n) is 13.2. The third-order valence-electron chi connectivity index (χ3n) is 7.59. The van der Waals surface area contributed by atoms with Crippen molar-refractivity contribution in [3.05, 3.63) is 116 Å². The molecular formula is C32H10F4N10. The molecule has 0 N–H and O–H groups in total. The van der Waals surface area contributed by atoms with E-state index < -0.39 is 23.8 Å². The molecule has 0 fully saturated rings. The van der Waals surface area contributed by atoms with E-state index in [1.807, 2.05) is 12.1 Å². The lowest BCUT2D eigenvalue weighted by atomic mass is 9.92. The van der Waals surface area contributed by atoms with E-state index in [0.717, 1.165) is 24.3 Å². The van der Waals surface area contributed by atoms with Crippen LogP contribution in [-0.4, -0.2) is 29.9 Å². The van der Waals surface area contributed by atoms with Crippen molar-refractivity contribution in [2.75, 3.05) is 0 Å². The Morgan fingerprint density at radius 1 is 0.630 bits per heavy atom. The van der Waals surface area contributed by atoms with Crippen LogP contribution in [-0.2, 0) is 12.8 Å². The first kappa shape index (κ1) is 27.9. The summed E-state index contributed by atoms with van der Waals surface area (Å²) in [5.41, 5.74) is 1.82. The van der Waals surface area contributed by atoms with Crippen molar-refractivity contribution in [2.24, 2.45) is 0 Å². The van der Waals surface area contributed by atoms with Crippen molar-refractivity contribution in [3.63, 3.8) is 0 Å². The highest BCUT2D eigenvalue weighted by molar-refractivity contribution is 5.91. The van der Waals surface area contributed by atoms with Crippen LogP contribution < -0.4 is 10.4 Å². The second-order valence-corrected chi connectivity index (χ2v) is 10.1. The van der Waals surface area contributed by atoms with E-state index in [2.05, 4.69) is 39.6 Å². The maximum absolute atomic E-state index is 14.0. The topological polar surface area (TPSA) is 134 Å². The Kier molecular flexibility index (Phi) is 6.29. The van der Waals surface area contributed by atoms with Crippen LogP contribution >= 0.6 is 0 Å². The predicted molar refractivity (Wildman–Crippen MR) is 151 cm³/mol. The van der Waals surface area contributed by atoms with Crippen molar-refractivity contribution in [2.45, 2.75) is 12.8 Å². The van der Waals surface area contributed by atoms with Gasteiger partial charge in [-0.3, -0.25) is 9.97 Å². The van der Waals surface area contributed by atoms with Crippen molar-refractivity contribution in [3.8, 4) is 57.2 Å². The van der Waals surface area contributed by atoms with Crippen molar-refractivity contribution >= 4 is 11.4 Å². The van der Waals surface area contributed by atoms with Crippen molar-refractivity contribution in [1.29, 1.82) is 10.5 Å². The molecule has 0 atom stereocenters. The van der Waals surface area contributed by atoms with E-state index in [4.69, 9.17) is 13.1 Å². The fraction of sp³-hybridized carbons (Fsp3) is 0.0625. The molecule has 14 heteroatoms. The third-order valence-corrected chi connectivity index (χ3v) is 7.59. The molecule has 10 nitrogen and oxygen atoms in total. The first-order valence-corrected chi connectivity index (χ1v) is 13.2. The minimum Gasteiger partial charge on any atom is -0.256 e. The Balaban J connectivity index is 1.63. The molecule has 0 saturated carbocycles. The summed E-state index contributed by atoms with van der Waals surface area (Å²) in [6, 6.07) is 7.70. The molecule has 1 aromatic carbocycles. The summed E-state index contributed by atoms with van der Waals surface area (Å²) < 4.78 is 56.0. The van der Waals surface area contributed by atoms with Gasteiger partial charge in [0.05, 0.1) is 71.8 Å². The molecule has 4 heterocycles. The van der Waals surface area contributed by atoms with E-state index in [0.29, 0.717) is 22.5 Å². The van der Waals surface area contributed by atoms with Gasteiger partial charge in [0.25, 0.3) is 11.4 Å². The molecular weight excluding hydrogens is 600 g/mol. The number of hydrogen-bond acceptors (Lipinski definition) is 8. The fourth-order valence-electron chi connectivity index (χ4n) is 5.86. The Morgan fingerprint density at radius 2 is 1.02 bits per heavy atom. The highest BCUT2D eigenvalue weighted by Crippen LogP contribution is 2.39. The lowest BCUT2D eigenvalue weighted by Gasteiger charge is -2.13. The largest absolute Gasteiger partial charge is 0.270 e. The molecule has 0 saturated heterocycles. The van der Waals surface area contributed by atoms with Crippen LogP contribution in [0.15, 0.2) is 36.7 Å². The van der Waals surface area contributed by atoms with Crippen molar-refractivity contribution < 1.29 is 17.6 Å². The monoisotopic (exact) mass is 610 g/mol. The van der Waals surface area contributed by atoms with Crippen LogP contribution in [0.1, 0.15) is 22.5 Å². The molecule has 0 unspecified atom stereocenters. The molecule has 46 heavy (non-hydrogen) atoms. The first-order chi connectivity index (χ1) is 22.2. The summed E-state index contributed by atoms with van der Waals surface area (Å²) in [6.45, 7) is 15.6. The molecule has 5 aromatic rings. The molecule has 0 spiro atoms. The zero-order valence-electron chi connectivity index (χ0n) is 22.9. The van der Waals surface area contributed by atoms with Crippen LogP contribution in [0.25, 0.3) is 66.1 Å². The van der Waals surface area contributed by atoms with E-state index in [1.54, 1.807) is 0 Å². The van der Waals surface area contributed by atoms with Crippen LogP contribution in [0, 0.1) is 59.6 Å². The minimum absolute atomic E-state index is 0.0226. The van der Waals surface area contributed by atoms with Crippen LogP contribution in [0.4, 0.5) is 17.6 Å². The summed E-state index contributed by atoms with van der Waals surface area (Å²) in [4.78, 5) is 31.3. The summed E-state index contributed by atoms with van der Waals surface area (Å²) >= 11 is 0. The number of halogens is 4. The standard InChI is InChI=1S/C32H10F4N10/c1-39-19(9-37)27-15-7-17-31(43-21(11-41-17)13-3-23(33)45-24(34)4-13)28(15)30(20(10-38)40-2)29-16(27)8-18-32(29)44-22(12-42-18)14-5-25(35)46-26(36)6-14/h3-6,11-12H,7-8H2. The highest BCUT2D eigenvalue weighted by atomic mass is 19.1. The molecule has 4 aromatic heterocycles. The molecule has 0 radical (unpaired) electrons. The number of fused-ring (bicyclic) bond motifs is 6. The molecule has 7 rings (SSSR count). The molecule has 216 valence electrons. The van der Waals surface area contributed by atoms with Gasteiger partial charge in [0.2, 0.25) is 23.8 Å². The van der Waals surface area contributed by atoms with Gasteiger partial charge in [-0.25, -0.2) is 30.2 Å². The number of aromatic nitrogens is 6. The maximum Gasteiger partial charge on any atom is 0.270 e. The minimum atomic E-state index is -1.09. The quantitative estimate of drug-likeness (QED) is 0.162. The van der Waals surface area contributed by atoms with Gasteiger partial charge < -0.3 is 0 Å². The zero-order chi connectivity index (χ0) is 32.3. The third kappa shape index (κ3) is 4.22. The van der Waals surface area contributed by atoms with Gasteiger partial charge >= 0.3 is 0 Å². The molecule has 0 bridgehead atoms. The summed E-state index contributed by atoms with van der Waals surface area (Å²) in [6.07, 6.45) is 2.73. The van der Waals surface area contributed by atoms with E-state index in [9.17, 15) is 28.1 Å². The number of nitrogens with zero attached hydrogens (tertiary/aromatic N) is 10. The number of nitriles is 2. The van der Waals surface area contributed by atoms with Crippen LogP contribution in [0.3, 0.4) is 0 Å². The Bertz CT molecular complexity index is 2330. The van der Waals surface area contributed by atoms with Crippen molar-refractivity contribution in [1.82, 2.24) is 29.9 Å². The van der Waals surface area contributed by atoms with Crippen LogP contribution in [0.2, 0.25) is 0 Å². The average molecular weight is 610 g/mol. The van der Waals surface area contributed by atoms with Gasteiger partial charge in [-0.1, -0.05) is 0 Å². The van der Waals surface area contributed by atoms with Gasteiger partial charge in [-0.2, -0.15) is 27.5 Å². The molecule has 2 aliphatic carbocycles.